The number of hydrogen-bond donors (Lipinski definition) is 1. The van der Waals surface area contributed by atoms with Crippen molar-refractivity contribution in [2.24, 2.45) is 0 Å². The summed E-state index contributed by atoms with van der Waals surface area (Å²) in [6.45, 7) is 1.87. The quantitative estimate of drug-likeness (QED) is 0.797. The van der Waals surface area contributed by atoms with Gasteiger partial charge in [-0.25, -0.2) is 0 Å². The van der Waals surface area contributed by atoms with Crippen LogP contribution < -0.4 is 5.32 Å². The van der Waals surface area contributed by atoms with Crippen molar-refractivity contribution < 1.29 is 9.18 Å². The number of hydrogen-bond acceptors (Lipinski definition) is 1. The molecule has 1 rings (SSSR count). The Kier molecular flexibility index (Phi) is 7.64. The van der Waals surface area contributed by atoms with Crippen LogP contribution in [0.1, 0.15) is 17.3 Å². The van der Waals surface area contributed by atoms with Crippen LogP contribution in [0.5, 0.6) is 0 Å². The van der Waals surface area contributed by atoms with Gasteiger partial charge in [0.2, 0.25) is 0 Å². The Labute approximate surface area is 94.4 Å². The molecule has 1 N–H and O–H groups in total. The van der Waals surface area contributed by atoms with Gasteiger partial charge in [0.1, 0.15) is 0 Å². The van der Waals surface area contributed by atoms with Crippen LogP contribution in [-0.2, 0) is 0 Å². The summed E-state index contributed by atoms with van der Waals surface area (Å²) in [7, 11) is 0.500. The van der Waals surface area contributed by atoms with Gasteiger partial charge < -0.3 is 5.32 Å². The van der Waals surface area contributed by atoms with E-state index in [1.807, 2.05) is 25.1 Å². The highest BCUT2D eigenvalue weighted by molar-refractivity contribution is 6.18. The van der Waals surface area contributed by atoms with Crippen molar-refractivity contribution in [2.45, 2.75) is 13.0 Å². The first-order chi connectivity index (χ1) is 7.24. The molecular weight excluding hydrogens is 217 g/mol. The number of halogens is 2. The highest BCUT2D eigenvalue weighted by Crippen LogP contribution is 1.98. The van der Waals surface area contributed by atoms with E-state index >= 15 is 0 Å². The van der Waals surface area contributed by atoms with E-state index in [1.54, 1.807) is 12.1 Å². The topological polar surface area (TPSA) is 29.1 Å². The molecule has 1 unspecified atom stereocenters. The van der Waals surface area contributed by atoms with Crippen LogP contribution in [0.2, 0.25) is 0 Å². The highest BCUT2D eigenvalue weighted by Gasteiger charge is 2.07. The number of alkyl halides is 2. The van der Waals surface area contributed by atoms with Crippen LogP contribution in [0.4, 0.5) is 4.39 Å². The van der Waals surface area contributed by atoms with E-state index in [2.05, 4.69) is 5.32 Å². The summed E-state index contributed by atoms with van der Waals surface area (Å²) in [6, 6.07) is 9.10. The second kappa shape index (κ2) is 8.24. The monoisotopic (exact) mass is 231 g/mol. The molecule has 15 heavy (non-hydrogen) atoms. The molecule has 1 aromatic rings. The fraction of sp³-hybridized carbons (Fsp3) is 0.364. The van der Waals surface area contributed by atoms with Gasteiger partial charge in [0.15, 0.2) is 0 Å². The predicted octanol–water partition coefficient (Wildman–Crippen LogP) is 2.63. The summed E-state index contributed by atoms with van der Waals surface area (Å²) in [5.41, 5.74) is 0.666. The van der Waals surface area contributed by atoms with Crippen LogP contribution >= 0.6 is 11.6 Å². The number of rotatable bonds is 3. The molecule has 0 spiro atoms. The molecule has 0 heterocycles. The molecule has 0 saturated carbocycles. The molecule has 0 bridgehead atoms. The molecule has 1 amide bonds. The van der Waals surface area contributed by atoms with Gasteiger partial charge in [-0.15, -0.1) is 11.6 Å². The Hall–Kier alpha value is -1.09. The smallest absolute Gasteiger partial charge is 0.251 e. The summed E-state index contributed by atoms with van der Waals surface area (Å²) < 4.78 is 9.50. The Bertz CT molecular complexity index is 279. The van der Waals surface area contributed by atoms with E-state index < -0.39 is 0 Å². The van der Waals surface area contributed by atoms with Gasteiger partial charge in [0.05, 0.1) is 7.18 Å². The SMILES string of the molecule is CC(CCl)NC(=O)c1ccccc1.CF. The maximum absolute atomic E-state index is 11.4. The van der Waals surface area contributed by atoms with Gasteiger partial charge in [-0.2, -0.15) is 0 Å². The molecular formula is C11H15ClFNO. The lowest BCUT2D eigenvalue weighted by Crippen LogP contribution is -2.33. The fourth-order valence-corrected chi connectivity index (χ4v) is 1.01. The number of benzene rings is 1. The van der Waals surface area contributed by atoms with Crippen molar-refractivity contribution in [1.29, 1.82) is 0 Å². The van der Waals surface area contributed by atoms with Gasteiger partial charge >= 0.3 is 0 Å². The third-order valence-electron chi connectivity index (χ3n) is 1.64. The van der Waals surface area contributed by atoms with Crippen molar-refractivity contribution >= 4 is 17.5 Å². The normalized spacial score (nSPS) is 10.9. The maximum atomic E-state index is 11.4. The van der Waals surface area contributed by atoms with Gasteiger partial charge in [0.25, 0.3) is 5.91 Å². The summed E-state index contributed by atoms with van der Waals surface area (Å²) in [5, 5.41) is 2.77. The molecule has 0 saturated heterocycles. The molecule has 0 aliphatic carbocycles. The average molecular weight is 232 g/mol. The Morgan fingerprint density at radius 2 is 1.93 bits per heavy atom. The lowest BCUT2D eigenvalue weighted by molar-refractivity contribution is 0.0943. The first-order valence-corrected chi connectivity index (χ1v) is 5.07. The Balaban J connectivity index is 0.000000921. The van der Waals surface area contributed by atoms with Gasteiger partial charge in [-0.05, 0) is 19.1 Å². The average Bonchev–Trinajstić information content (AvgIpc) is 2.32. The second-order valence-electron chi connectivity index (χ2n) is 2.89. The van der Waals surface area contributed by atoms with Crippen molar-refractivity contribution in [2.75, 3.05) is 13.1 Å². The van der Waals surface area contributed by atoms with E-state index in [0.29, 0.717) is 18.6 Å². The molecule has 0 fully saturated rings. The molecule has 1 atom stereocenters. The van der Waals surface area contributed by atoms with Crippen LogP contribution in [0.25, 0.3) is 0 Å². The maximum Gasteiger partial charge on any atom is 0.251 e. The van der Waals surface area contributed by atoms with Crippen LogP contribution in [0.3, 0.4) is 0 Å². The fourth-order valence-electron chi connectivity index (χ4n) is 0.935. The predicted molar refractivity (Wildman–Crippen MR) is 61.1 cm³/mol. The van der Waals surface area contributed by atoms with Crippen LogP contribution in [0.15, 0.2) is 30.3 Å². The molecule has 1 aromatic carbocycles. The minimum absolute atomic E-state index is 0.00868. The third kappa shape index (κ3) is 5.37. The van der Waals surface area contributed by atoms with Gasteiger partial charge in [-0.3, -0.25) is 9.18 Å². The van der Waals surface area contributed by atoms with Gasteiger partial charge in [0, 0.05) is 17.5 Å². The van der Waals surface area contributed by atoms with Gasteiger partial charge in [-0.1, -0.05) is 18.2 Å². The van der Waals surface area contributed by atoms with E-state index in [0.717, 1.165) is 0 Å². The molecule has 0 aliphatic rings. The first kappa shape index (κ1) is 13.9. The Morgan fingerprint density at radius 3 is 2.40 bits per heavy atom. The zero-order valence-corrected chi connectivity index (χ0v) is 9.59. The minimum atomic E-state index is -0.0752. The molecule has 0 aliphatic heterocycles. The summed E-state index contributed by atoms with van der Waals surface area (Å²) in [4.78, 5) is 11.4. The number of nitrogens with one attached hydrogen (secondary N) is 1. The lowest BCUT2D eigenvalue weighted by Gasteiger charge is -2.09. The summed E-state index contributed by atoms with van der Waals surface area (Å²) in [6.07, 6.45) is 0. The van der Waals surface area contributed by atoms with Crippen LogP contribution in [-0.4, -0.2) is 25.0 Å². The zero-order chi connectivity index (χ0) is 11.7. The van der Waals surface area contributed by atoms with Crippen molar-refractivity contribution in [1.82, 2.24) is 5.32 Å². The summed E-state index contributed by atoms with van der Waals surface area (Å²) >= 11 is 5.57. The van der Waals surface area contributed by atoms with E-state index in [9.17, 15) is 9.18 Å². The first-order valence-electron chi connectivity index (χ1n) is 4.53. The number of carbonyl (C=O) groups excluding carboxylic acids is 1. The number of amides is 1. The van der Waals surface area contributed by atoms with E-state index in [4.69, 9.17) is 11.6 Å². The Morgan fingerprint density at radius 1 is 1.40 bits per heavy atom. The summed E-state index contributed by atoms with van der Waals surface area (Å²) in [5.74, 6) is 0.354. The van der Waals surface area contributed by atoms with E-state index in [1.165, 1.54) is 0 Å². The standard InChI is InChI=1S/C10H12ClNO.CH3F/c1-8(7-11)12-10(13)9-5-3-2-4-6-9;1-2/h2-6,8H,7H2,1H3,(H,12,13);1H3. The molecule has 4 heteroatoms. The molecule has 84 valence electrons. The van der Waals surface area contributed by atoms with Crippen molar-refractivity contribution in [3.8, 4) is 0 Å². The van der Waals surface area contributed by atoms with Crippen molar-refractivity contribution in [3.63, 3.8) is 0 Å². The highest BCUT2D eigenvalue weighted by atomic mass is 35.5. The van der Waals surface area contributed by atoms with Crippen LogP contribution in [0, 0.1) is 0 Å². The second-order valence-corrected chi connectivity index (χ2v) is 3.20. The molecule has 2 nitrogen and oxygen atoms in total. The zero-order valence-electron chi connectivity index (χ0n) is 8.84. The minimum Gasteiger partial charge on any atom is -0.348 e. The lowest BCUT2D eigenvalue weighted by atomic mass is 10.2. The third-order valence-corrected chi connectivity index (χ3v) is 2.11. The van der Waals surface area contributed by atoms with E-state index in [-0.39, 0.29) is 11.9 Å². The number of carbonyl (C=O) groups is 1. The largest absolute Gasteiger partial charge is 0.348 e. The van der Waals surface area contributed by atoms with Crippen molar-refractivity contribution in [3.05, 3.63) is 35.9 Å². The molecule has 0 aromatic heterocycles. The molecule has 0 radical (unpaired) electrons.